The standard InChI is InChI=1S/C11H18N2O6/c1-8(14)13(9(2)15)11(17)5-10(16)12(6-18-3)7-19-4/h5-7H2,1-4H3. The highest BCUT2D eigenvalue weighted by Crippen LogP contribution is 2.01. The van der Waals surface area contributed by atoms with Gasteiger partial charge in [0.05, 0.1) is 0 Å². The third-order valence-electron chi connectivity index (χ3n) is 2.10. The molecule has 0 spiro atoms. The van der Waals surface area contributed by atoms with Gasteiger partial charge in [-0.1, -0.05) is 0 Å². The number of hydrogen-bond acceptors (Lipinski definition) is 6. The summed E-state index contributed by atoms with van der Waals surface area (Å²) in [5.74, 6) is -2.92. The van der Waals surface area contributed by atoms with Gasteiger partial charge in [-0.05, 0) is 0 Å². The van der Waals surface area contributed by atoms with Gasteiger partial charge in [-0.2, -0.15) is 0 Å². The highest BCUT2D eigenvalue weighted by Gasteiger charge is 2.26. The third kappa shape index (κ3) is 5.58. The monoisotopic (exact) mass is 274 g/mol. The van der Waals surface area contributed by atoms with E-state index in [1.807, 2.05) is 0 Å². The van der Waals surface area contributed by atoms with Gasteiger partial charge in [0.15, 0.2) is 0 Å². The zero-order valence-electron chi connectivity index (χ0n) is 11.5. The van der Waals surface area contributed by atoms with Crippen LogP contribution in [0, 0.1) is 0 Å². The molecule has 8 heteroatoms. The van der Waals surface area contributed by atoms with Gasteiger partial charge < -0.3 is 9.47 Å². The number of rotatable bonds is 6. The molecule has 0 heterocycles. The molecule has 0 aromatic rings. The minimum atomic E-state index is -0.873. The Labute approximate surface area is 111 Å². The first kappa shape index (κ1) is 17.2. The molecule has 19 heavy (non-hydrogen) atoms. The van der Waals surface area contributed by atoms with E-state index >= 15 is 0 Å². The van der Waals surface area contributed by atoms with Crippen LogP contribution in [0.1, 0.15) is 20.3 Å². The van der Waals surface area contributed by atoms with E-state index < -0.39 is 30.0 Å². The van der Waals surface area contributed by atoms with Gasteiger partial charge >= 0.3 is 0 Å². The largest absolute Gasteiger partial charge is 0.364 e. The third-order valence-corrected chi connectivity index (χ3v) is 2.10. The zero-order valence-corrected chi connectivity index (χ0v) is 11.5. The molecular weight excluding hydrogens is 256 g/mol. The van der Waals surface area contributed by atoms with Gasteiger partial charge in [-0.15, -0.1) is 0 Å². The van der Waals surface area contributed by atoms with Gasteiger partial charge in [0, 0.05) is 28.1 Å². The number of nitrogens with zero attached hydrogens (tertiary/aromatic N) is 2. The summed E-state index contributed by atoms with van der Waals surface area (Å²) in [5, 5.41) is 0. The van der Waals surface area contributed by atoms with Gasteiger partial charge in [0.25, 0.3) is 0 Å². The molecule has 0 rings (SSSR count). The van der Waals surface area contributed by atoms with Crippen LogP contribution in [0.4, 0.5) is 0 Å². The molecule has 0 aliphatic heterocycles. The lowest BCUT2D eigenvalue weighted by Gasteiger charge is -2.21. The van der Waals surface area contributed by atoms with E-state index in [1.165, 1.54) is 14.2 Å². The zero-order chi connectivity index (χ0) is 15.0. The average molecular weight is 274 g/mol. The van der Waals surface area contributed by atoms with Crippen molar-refractivity contribution in [1.29, 1.82) is 0 Å². The van der Waals surface area contributed by atoms with E-state index in [0.29, 0.717) is 4.90 Å². The number of carbonyl (C=O) groups is 4. The van der Waals surface area contributed by atoms with Crippen LogP contribution in [0.3, 0.4) is 0 Å². The number of carbonyl (C=O) groups excluding carboxylic acids is 4. The molecule has 8 nitrogen and oxygen atoms in total. The number of ether oxygens (including phenoxy) is 2. The second-order valence-electron chi connectivity index (χ2n) is 3.71. The minimum Gasteiger partial charge on any atom is -0.364 e. The molecule has 0 aliphatic rings. The summed E-state index contributed by atoms with van der Waals surface area (Å²) in [6.07, 6.45) is -0.605. The molecule has 0 N–H and O–H groups in total. The highest BCUT2D eigenvalue weighted by molar-refractivity contribution is 6.13. The summed E-state index contributed by atoms with van der Waals surface area (Å²) in [6, 6.07) is 0. The van der Waals surface area contributed by atoms with E-state index in [9.17, 15) is 19.2 Å². The minimum absolute atomic E-state index is 0.0555. The summed E-state index contributed by atoms with van der Waals surface area (Å²) in [5.41, 5.74) is 0. The lowest BCUT2D eigenvalue weighted by atomic mass is 10.3. The summed E-state index contributed by atoms with van der Waals surface area (Å²) in [6.45, 7) is 2.04. The van der Waals surface area contributed by atoms with Crippen LogP contribution in [0.2, 0.25) is 0 Å². The van der Waals surface area contributed by atoms with Crippen LogP contribution in [-0.2, 0) is 28.7 Å². The molecule has 0 unspecified atom stereocenters. The lowest BCUT2D eigenvalue weighted by molar-refractivity contribution is -0.154. The Morgan fingerprint density at radius 2 is 1.26 bits per heavy atom. The molecule has 0 radical (unpaired) electrons. The molecule has 108 valence electrons. The predicted molar refractivity (Wildman–Crippen MR) is 63.4 cm³/mol. The smallest absolute Gasteiger partial charge is 0.245 e. The maximum atomic E-state index is 11.8. The van der Waals surface area contributed by atoms with Crippen molar-refractivity contribution in [3.8, 4) is 0 Å². The van der Waals surface area contributed by atoms with Crippen LogP contribution in [0.15, 0.2) is 0 Å². The second-order valence-corrected chi connectivity index (χ2v) is 3.71. The fraction of sp³-hybridized carbons (Fsp3) is 0.636. The van der Waals surface area contributed by atoms with Crippen molar-refractivity contribution in [2.24, 2.45) is 0 Å². The van der Waals surface area contributed by atoms with Crippen LogP contribution in [-0.4, -0.2) is 61.1 Å². The Balaban J connectivity index is 4.72. The fourth-order valence-corrected chi connectivity index (χ4v) is 1.39. The predicted octanol–water partition coefficient (Wildman–Crippen LogP) is -0.665. The summed E-state index contributed by atoms with van der Waals surface area (Å²) in [7, 11) is 2.77. The molecule has 0 saturated heterocycles. The lowest BCUT2D eigenvalue weighted by Crippen LogP contribution is -2.43. The Morgan fingerprint density at radius 3 is 1.58 bits per heavy atom. The van der Waals surface area contributed by atoms with Crippen LogP contribution in [0.25, 0.3) is 0 Å². The van der Waals surface area contributed by atoms with E-state index in [0.717, 1.165) is 18.7 Å². The average Bonchev–Trinajstić information content (AvgIpc) is 2.27. The van der Waals surface area contributed by atoms with Gasteiger partial charge in [0.1, 0.15) is 19.9 Å². The Hall–Kier alpha value is -1.80. The molecule has 4 amide bonds. The van der Waals surface area contributed by atoms with Crippen LogP contribution < -0.4 is 0 Å². The van der Waals surface area contributed by atoms with Crippen molar-refractivity contribution in [3.63, 3.8) is 0 Å². The quantitative estimate of drug-likeness (QED) is 0.471. The highest BCUT2D eigenvalue weighted by atomic mass is 16.5. The first-order chi connectivity index (χ1) is 8.84. The van der Waals surface area contributed by atoms with Crippen molar-refractivity contribution in [1.82, 2.24) is 9.80 Å². The Bertz CT molecular complexity index is 348. The topological polar surface area (TPSA) is 93.2 Å². The summed E-state index contributed by atoms with van der Waals surface area (Å²) >= 11 is 0. The SMILES string of the molecule is COCN(COC)C(=O)CC(=O)N(C(C)=O)C(C)=O. The molecule has 0 bridgehead atoms. The number of methoxy groups -OCH3 is 2. The molecule has 0 aromatic carbocycles. The molecule has 0 saturated carbocycles. The first-order valence-electron chi connectivity index (χ1n) is 5.44. The molecule has 0 atom stereocenters. The Morgan fingerprint density at radius 1 is 0.842 bits per heavy atom. The maximum Gasteiger partial charge on any atom is 0.245 e. The molecule has 0 fully saturated rings. The Kier molecular flexibility index (Phi) is 7.54. The van der Waals surface area contributed by atoms with E-state index in [4.69, 9.17) is 9.47 Å². The normalized spacial score (nSPS) is 9.89. The van der Waals surface area contributed by atoms with Crippen molar-refractivity contribution in [2.45, 2.75) is 20.3 Å². The van der Waals surface area contributed by atoms with Crippen molar-refractivity contribution >= 4 is 23.6 Å². The molecular formula is C11H18N2O6. The number of imide groups is 3. The van der Waals surface area contributed by atoms with Gasteiger partial charge in [-0.3, -0.25) is 24.1 Å². The van der Waals surface area contributed by atoms with E-state index in [1.54, 1.807) is 0 Å². The van der Waals surface area contributed by atoms with Crippen molar-refractivity contribution in [3.05, 3.63) is 0 Å². The number of hydrogen-bond donors (Lipinski definition) is 0. The van der Waals surface area contributed by atoms with Gasteiger partial charge in [-0.25, -0.2) is 4.90 Å². The molecule has 0 aromatic heterocycles. The summed E-state index contributed by atoms with van der Waals surface area (Å²) in [4.78, 5) is 47.3. The van der Waals surface area contributed by atoms with E-state index in [-0.39, 0.29) is 13.5 Å². The van der Waals surface area contributed by atoms with Gasteiger partial charge in [0.2, 0.25) is 23.6 Å². The molecule has 0 aliphatic carbocycles. The van der Waals surface area contributed by atoms with Crippen LogP contribution >= 0.6 is 0 Å². The van der Waals surface area contributed by atoms with E-state index in [2.05, 4.69) is 0 Å². The summed E-state index contributed by atoms with van der Waals surface area (Å²) < 4.78 is 9.56. The second kappa shape index (κ2) is 8.33. The first-order valence-corrected chi connectivity index (χ1v) is 5.44. The number of amides is 4. The van der Waals surface area contributed by atoms with Crippen molar-refractivity contribution in [2.75, 3.05) is 27.7 Å². The maximum absolute atomic E-state index is 11.8. The fourth-order valence-electron chi connectivity index (χ4n) is 1.39. The van der Waals surface area contributed by atoms with Crippen LogP contribution in [0.5, 0.6) is 0 Å². The van der Waals surface area contributed by atoms with Crippen molar-refractivity contribution < 1.29 is 28.7 Å².